The molecular formula is C3H4N2O3S4. The fourth-order valence-corrected chi connectivity index (χ4v) is 3.21. The van der Waals surface area contributed by atoms with Crippen LogP contribution in [0.25, 0.3) is 0 Å². The molecule has 0 fully saturated rings. The maximum absolute atomic E-state index is 10.3. The molecule has 0 aliphatic carbocycles. The molecule has 12 heavy (non-hydrogen) atoms. The molecule has 0 spiro atoms. The Kier molecular flexibility index (Phi) is 3.23. The molecule has 0 atom stereocenters. The molecular weight excluding hydrogens is 240 g/mol. The van der Waals surface area contributed by atoms with Crippen LogP contribution in [0.15, 0.2) is 4.34 Å². The van der Waals surface area contributed by atoms with Crippen LogP contribution in [0.5, 0.6) is 0 Å². The summed E-state index contributed by atoms with van der Waals surface area (Å²) in [5.41, 5.74) is 0. The first-order valence-corrected chi connectivity index (χ1v) is 6.43. The zero-order valence-electron chi connectivity index (χ0n) is 5.55. The monoisotopic (exact) mass is 244 g/mol. The second-order valence-electron chi connectivity index (χ2n) is 1.72. The fraction of sp³-hybridized carbons (Fsp3) is 0.333. The van der Waals surface area contributed by atoms with Gasteiger partial charge in [0.15, 0.2) is 8.29 Å². The zero-order chi connectivity index (χ0) is 9.19. The maximum atomic E-state index is 10.3. The Balaban J connectivity index is 2.61. The molecule has 0 saturated heterocycles. The van der Waals surface area contributed by atoms with Crippen molar-refractivity contribution in [3.63, 3.8) is 0 Å². The van der Waals surface area contributed by atoms with Gasteiger partial charge in [-0.05, 0) is 12.2 Å². The molecule has 0 radical (unpaired) electrons. The summed E-state index contributed by atoms with van der Waals surface area (Å²) in [6, 6.07) is 0. The second kappa shape index (κ2) is 3.83. The van der Waals surface area contributed by atoms with Gasteiger partial charge in [0.25, 0.3) is 10.1 Å². The van der Waals surface area contributed by atoms with Gasteiger partial charge in [-0.3, -0.25) is 9.65 Å². The third-order valence-corrected chi connectivity index (χ3v) is 4.24. The third-order valence-electron chi connectivity index (χ3n) is 0.750. The normalized spacial score (nSPS) is 11.8. The molecule has 68 valence electrons. The Hall–Kier alpha value is 0.0400. The summed E-state index contributed by atoms with van der Waals surface area (Å²) in [5, 5.41) is 5.79. The SMILES string of the molecule is O=S(=O)(O)CSc1n[nH]c(=S)s1. The summed E-state index contributed by atoms with van der Waals surface area (Å²) >= 11 is 6.80. The van der Waals surface area contributed by atoms with Crippen molar-refractivity contribution in [3.05, 3.63) is 3.95 Å². The van der Waals surface area contributed by atoms with Crippen LogP contribution in [-0.2, 0) is 10.1 Å². The topological polar surface area (TPSA) is 83.1 Å². The minimum absolute atomic E-state index is 0.400. The van der Waals surface area contributed by atoms with Crippen LogP contribution in [0.2, 0.25) is 0 Å². The molecule has 5 nitrogen and oxygen atoms in total. The molecule has 2 N–H and O–H groups in total. The largest absolute Gasteiger partial charge is 0.285 e. The van der Waals surface area contributed by atoms with Gasteiger partial charge < -0.3 is 0 Å². The molecule has 1 aromatic rings. The van der Waals surface area contributed by atoms with E-state index >= 15 is 0 Å². The van der Waals surface area contributed by atoms with Crippen molar-refractivity contribution >= 4 is 45.4 Å². The van der Waals surface area contributed by atoms with Gasteiger partial charge in [-0.15, -0.1) is 0 Å². The summed E-state index contributed by atoms with van der Waals surface area (Å²) in [4.78, 5) is 0. The average molecular weight is 244 g/mol. The van der Waals surface area contributed by atoms with Crippen molar-refractivity contribution in [2.45, 2.75) is 4.34 Å². The van der Waals surface area contributed by atoms with Crippen LogP contribution in [0.3, 0.4) is 0 Å². The van der Waals surface area contributed by atoms with Crippen molar-refractivity contribution in [2.24, 2.45) is 0 Å². The summed E-state index contributed by atoms with van der Waals surface area (Å²) in [6.07, 6.45) is 0. The van der Waals surface area contributed by atoms with E-state index in [0.29, 0.717) is 8.29 Å². The number of aromatic amines is 1. The second-order valence-corrected chi connectivity index (χ2v) is 6.43. The van der Waals surface area contributed by atoms with E-state index in [1.807, 2.05) is 0 Å². The van der Waals surface area contributed by atoms with E-state index in [-0.39, 0.29) is 0 Å². The zero-order valence-corrected chi connectivity index (χ0v) is 8.82. The Morgan fingerprint density at radius 1 is 1.75 bits per heavy atom. The third kappa shape index (κ3) is 3.63. The van der Waals surface area contributed by atoms with Gasteiger partial charge in [0.05, 0.1) is 0 Å². The molecule has 0 amide bonds. The Bertz CT molecular complexity index is 403. The van der Waals surface area contributed by atoms with Crippen molar-refractivity contribution in [2.75, 3.05) is 5.08 Å². The Labute approximate surface area is 82.0 Å². The number of hydrogen-bond acceptors (Lipinski definition) is 6. The summed E-state index contributed by atoms with van der Waals surface area (Å²) in [7, 11) is -3.93. The lowest BCUT2D eigenvalue weighted by molar-refractivity contribution is 0.489. The molecule has 1 rings (SSSR count). The van der Waals surface area contributed by atoms with Crippen molar-refractivity contribution in [3.8, 4) is 0 Å². The summed E-state index contributed by atoms with van der Waals surface area (Å²) in [6.45, 7) is 0. The number of H-pyrrole nitrogens is 1. The summed E-state index contributed by atoms with van der Waals surface area (Å²) in [5.74, 6) is 0. The quantitative estimate of drug-likeness (QED) is 0.471. The van der Waals surface area contributed by atoms with Crippen molar-refractivity contribution < 1.29 is 13.0 Å². The predicted molar refractivity (Wildman–Crippen MR) is 49.6 cm³/mol. The highest BCUT2D eigenvalue weighted by atomic mass is 32.3. The van der Waals surface area contributed by atoms with Crippen molar-refractivity contribution in [1.29, 1.82) is 0 Å². The highest BCUT2D eigenvalue weighted by Crippen LogP contribution is 2.20. The van der Waals surface area contributed by atoms with E-state index in [1.54, 1.807) is 0 Å². The van der Waals surface area contributed by atoms with Gasteiger partial charge in [-0.2, -0.15) is 13.5 Å². The van der Waals surface area contributed by atoms with Crippen LogP contribution in [0.1, 0.15) is 0 Å². The first-order valence-electron chi connectivity index (χ1n) is 2.61. The van der Waals surface area contributed by atoms with Crippen LogP contribution >= 0.6 is 35.3 Å². The molecule has 1 heterocycles. The fourth-order valence-electron chi connectivity index (χ4n) is 0.403. The van der Waals surface area contributed by atoms with Gasteiger partial charge in [-0.25, -0.2) is 0 Å². The predicted octanol–water partition coefficient (Wildman–Crippen LogP) is 1.14. The van der Waals surface area contributed by atoms with E-state index in [9.17, 15) is 8.42 Å². The van der Waals surface area contributed by atoms with Gasteiger partial charge in [0, 0.05) is 0 Å². The maximum Gasteiger partial charge on any atom is 0.274 e. The first kappa shape index (κ1) is 10.1. The lowest BCUT2D eigenvalue weighted by atomic mass is 11.6. The van der Waals surface area contributed by atoms with Crippen LogP contribution < -0.4 is 0 Å². The minimum Gasteiger partial charge on any atom is -0.285 e. The molecule has 0 unspecified atom stereocenters. The first-order chi connectivity index (χ1) is 5.47. The molecule has 9 heteroatoms. The highest BCUT2D eigenvalue weighted by molar-refractivity contribution is 8.11. The molecule has 0 aliphatic heterocycles. The number of hydrogen-bond donors (Lipinski definition) is 2. The highest BCUT2D eigenvalue weighted by Gasteiger charge is 2.07. The number of aromatic nitrogens is 2. The number of nitrogens with zero attached hydrogens (tertiary/aromatic N) is 1. The standard InChI is InChI=1S/C3H4N2O3S4/c6-12(7,8)1-10-3-5-4-2(9)11-3/h1H2,(H,4,9)(H,6,7,8). The average Bonchev–Trinajstić information content (AvgIpc) is 2.30. The smallest absolute Gasteiger partial charge is 0.274 e. The van der Waals surface area contributed by atoms with Gasteiger partial charge in [0.1, 0.15) is 5.08 Å². The van der Waals surface area contributed by atoms with Gasteiger partial charge >= 0.3 is 0 Å². The van der Waals surface area contributed by atoms with Crippen LogP contribution in [0.4, 0.5) is 0 Å². The van der Waals surface area contributed by atoms with Crippen LogP contribution in [-0.4, -0.2) is 28.3 Å². The number of thioether (sulfide) groups is 1. The van der Waals surface area contributed by atoms with E-state index < -0.39 is 15.2 Å². The van der Waals surface area contributed by atoms with E-state index in [2.05, 4.69) is 10.2 Å². The van der Waals surface area contributed by atoms with Crippen molar-refractivity contribution in [1.82, 2.24) is 10.2 Å². The van der Waals surface area contributed by atoms with E-state index in [4.69, 9.17) is 16.8 Å². The Morgan fingerprint density at radius 2 is 2.42 bits per heavy atom. The van der Waals surface area contributed by atoms with Gasteiger partial charge in [-0.1, -0.05) is 23.1 Å². The van der Waals surface area contributed by atoms with Gasteiger partial charge in [0.2, 0.25) is 0 Å². The lowest BCUT2D eigenvalue weighted by Crippen LogP contribution is -1.99. The molecule has 0 aromatic carbocycles. The lowest BCUT2D eigenvalue weighted by Gasteiger charge is -1.90. The van der Waals surface area contributed by atoms with E-state index in [0.717, 1.165) is 23.1 Å². The van der Waals surface area contributed by atoms with Crippen LogP contribution in [0, 0.1) is 3.95 Å². The molecule has 0 aliphatic rings. The molecule has 0 saturated carbocycles. The minimum atomic E-state index is -3.93. The number of rotatable bonds is 3. The summed E-state index contributed by atoms with van der Waals surface area (Å²) < 4.78 is 29.9. The number of nitrogens with one attached hydrogen (secondary N) is 1. The molecule has 0 bridgehead atoms. The Morgan fingerprint density at radius 3 is 2.83 bits per heavy atom. The molecule has 1 aromatic heterocycles. The van der Waals surface area contributed by atoms with E-state index in [1.165, 1.54) is 0 Å².